The van der Waals surface area contributed by atoms with Gasteiger partial charge in [0, 0.05) is 12.0 Å². The zero-order chi connectivity index (χ0) is 18.0. The lowest BCUT2D eigenvalue weighted by molar-refractivity contribution is -0.137. The average Bonchev–Trinajstić information content (AvgIpc) is 2.93. The van der Waals surface area contributed by atoms with Gasteiger partial charge in [0.2, 0.25) is 0 Å². The number of carboxylic acids is 1. The molecule has 132 valence electrons. The fourth-order valence-electron chi connectivity index (χ4n) is 3.24. The molecular weight excluding hydrogens is 363 g/mol. The Balaban J connectivity index is 1.81. The molecule has 0 fully saturated rings. The van der Waals surface area contributed by atoms with E-state index >= 15 is 0 Å². The molecule has 0 aromatic heterocycles. The van der Waals surface area contributed by atoms with Crippen molar-refractivity contribution >= 4 is 35.0 Å². The number of halogens is 2. The summed E-state index contributed by atoms with van der Waals surface area (Å²) < 4.78 is 5.59. The molecule has 0 radical (unpaired) electrons. The molecule has 0 bridgehead atoms. The number of Topliss-reactive ketones (excluding diaryl/α,β-unsaturated/α-hetero) is 1. The van der Waals surface area contributed by atoms with Crippen molar-refractivity contribution in [1.29, 1.82) is 0 Å². The van der Waals surface area contributed by atoms with Gasteiger partial charge in [-0.1, -0.05) is 41.4 Å². The van der Waals surface area contributed by atoms with Crippen LogP contribution in [0.2, 0.25) is 10.0 Å². The number of carbonyl (C=O) groups is 2. The van der Waals surface area contributed by atoms with Crippen molar-refractivity contribution in [3.05, 3.63) is 51.0 Å². The lowest BCUT2D eigenvalue weighted by atomic mass is 9.91. The minimum absolute atomic E-state index is 0.00266. The SMILES string of the molecule is O=C(O)CCCOc1cc2c(c(Cl)c1Cl)C(=O)C(C1=CCCC=C1)C2. The Morgan fingerprint density at radius 2 is 2.08 bits per heavy atom. The molecule has 1 aromatic carbocycles. The molecule has 0 spiro atoms. The van der Waals surface area contributed by atoms with Crippen LogP contribution < -0.4 is 4.74 Å². The second-order valence-corrected chi connectivity index (χ2v) is 6.94. The molecule has 4 nitrogen and oxygen atoms in total. The molecule has 0 aliphatic heterocycles. The Hall–Kier alpha value is -1.78. The first-order valence-corrected chi connectivity index (χ1v) is 9.01. The van der Waals surface area contributed by atoms with Crippen LogP contribution in [0.5, 0.6) is 5.75 Å². The molecule has 0 saturated heterocycles. The third-order valence-electron chi connectivity index (χ3n) is 4.46. The van der Waals surface area contributed by atoms with Gasteiger partial charge in [0.05, 0.1) is 17.5 Å². The minimum atomic E-state index is -0.871. The number of fused-ring (bicyclic) bond motifs is 1. The van der Waals surface area contributed by atoms with Gasteiger partial charge in [-0.2, -0.15) is 0 Å². The number of hydrogen-bond donors (Lipinski definition) is 1. The fourth-order valence-corrected chi connectivity index (χ4v) is 3.75. The predicted molar refractivity (Wildman–Crippen MR) is 96.8 cm³/mol. The van der Waals surface area contributed by atoms with Gasteiger partial charge in [0.1, 0.15) is 10.8 Å². The van der Waals surface area contributed by atoms with Gasteiger partial charge in [0.25, 0.3) is 0 Å². The van der Waals surface area contributed by atoms with Crippen LogP contribution >= 0.6 is 23.2 Å². The van der Waals surface area contributed by atoms with E-state index in [4.69, 9.17) is 33.0 Å². The summed E-state index contributed by atoms with van der Waals surface area (Å²) in [7, 11) is 0. The average molecular weight is 381 g/mol. The van der Waals surface area contributed by atoms with Crippen LogP contribution in [-0.4, -0.2) is 23.5 Å². The lowest BCUT2D eigenvalue weighted by Crippen LogP contribution is -2.12. The van der Waals surface area contributed by atoms with Gasteiger partial charge in [-0.25, -0.2) is 0 Å². The molecule has 0 amide bonds. The third kappa shape index (κ3) is 3.75. The Morgan fingerprint density at radius 1 is 1.28 bits per heavy atom. The summed E-state index contributed by atoms with van der Waals surface area (Å²) in [5.41, 5.74) is 2.34. The Labute approximate surface area is 156 Å². The number of hydrogen-bond acceptors (Lipinski definition) is 3. The second kappa shape index (κ2) is 7.63. The smallest absolute Gasteiger partial charge is 0.303 e. The first-order chi connectivity index (χ1) is 12.0. The van der Waals surface area contributed by atoms with E-state index in [1.807, 2.05) is 6.08 Å². The quantitative estimate of drug-likeness (QED) is 0.715. The first-order valence-electron chi connectivity index (χ1n) is 8.25. The number of ether oxygens (including phenoxy) is 1. The molecule has 1 aromatic rings. The maximum atomic E-state index is 12.8. The van der Waals surface area contributed by atoms with E-state index in [1.54, 1.807) is 6.07 Å². The number of ketones is 1. The Kier molecular flexibility index (Phi) is 5.50. The van der Waals surface area contributed by atoms with E-state index in [0.29, 0.717) is 24.2 Å². The van der Waals surface area contributed by atoms with Gasteiger partial charge in [-0.15, -0.1) is 0 Å². The molecule has 6 heteroatoms. The van der Waals surface area contributed by atoms with Crippen LogP contribution in [0.3, 0.4) is 0 Å². The topological polar surface area (TPSA) is 63.6 Å². The minimum Gasteiger partial charge on any atom is -0.492 e. The Morgan fingerprint density at radius 3 is 2.76 bits per heavy atom. The zero-order valence-corrected chi connectivity index (χ0v) is 15.1. The summed E-state index contributed by atoms with van der Waals surface area (Å²) in [4.78, 5) is 23.3. The van der Waals surface area contributed by atoms with Crippen LogP contribution in [0, 0.1) is 5.92 Å². The van der Waals surface area contributed by atoms with Crippen LogP contribution in [-0.2, 0) is 11.2 Å². The van der Waals surface area contributed by atoms with Gasteiger partial charge in [-0.05, 0) is 42.9 Å². The van der Waals surface area contributed by atoms with Gasteiger partial charge < -0.3 is 9.84 Å². The van der Waals surface area contributed by atoms with E-state index in [1.165, 1.54) is 0 Å². The summed E-state index contributed by atoms with van der Waals surface area (Å²) >= 11 is 12.6. The normalized spacial score (nSPS) is 18.9. The van der Waals surface area contributed by atoms with E-state index < -0.39 is 5.97 Å². The van der Waals surface area contributed by atoms with Crippen molar-refractivity contribution in [1.82, 2.24) is 0 Å². The van der Waals surface area contributed by atoms with Gasteiger partial charge in [0.15, 0.2) is 5.78 Å². The monoisotopic (exact) mass is 380 g/mol. The van der Waals surface area contributed by atoms with Crippen molar-refractivity contribution in [3.63, 3.8) is 0 Å². The standard InChI is InChI=1S/C19H18Cl2O4/c20-17-14(25-8-4-7-15(22)23)10-12-9-13(11-5-2-1-3-6-11)19(24)16(12)18(17)21/h2,5-6,10,13H,1,3-4,7-9H2,(H,22,23). The summed E-state index contributed by atoms with van der Waals surface area (Å²) in [6, 6.07) is 1.76. The zero-order valence-electron chi connectivity index (χ0n) is 13.6. The highest BCUT2D eigenvalue weighted by molar-refractivity contribution is 6.45. The van der Waals surface area contributed by atoms with Crippen molar-refractivity contribution < 1.29 is 19.4 Å². The van der Waals surface area contributed by atoms with Crippen molar-refractivity contribution in [2.75, 3.05) is 6.61 Å². The molecule has 2 aliphatic carbocycles. The number of rotatable bonds is 6. The van der Waals surface area contributed by atoms with E-state index in [2.05, 4.69) is 12.2 Å². The number of benzene rings is 1. The number of allylic oxidation sites excluding steroid dienone is 4. The highest BCUT2D eigenvalue weighted by Gasteiger charge is 2.36. The van der Waals surface area contributed by atoms with E-state index in [0.717, 1.165) is 24.0 Å². The molecule has 1 N–H and O–H groups in total. The predicted octanol–water partition coefficient (Wildman–Crippen LogP) is 4.87. The van der Waals surface area contributed by atoms with Gasteiger partial charge in [-0.3, -0.25) is 9.59 Å². The molecule has 0 heterocycles. The molecule has 2 aliphatic rings. The van der Waals surface area contributed by atoms with E-state index in [-0.39, 0.29) is 34.8 Å². The van der Waals surface area contributed by atoms with Gasteiger partial charge >= 0.3 is 5.97 Å². The largest absolute Gasteiger partial charge is 0.492 e. The maximum Gasteiger partial charge on any atom is 0.303 e. The van der Waals surface area contributed by atoms with Crippen molar-refractivity contribution in [2.24, 2.45) is 5.92 Å². The van der Waals surface area contributed by atoms with Crippen LogP contribution in [0.15, 0.2) is 29.9 Å². The molecule has 1 unspecified atom stereocenters. The highest BCUT2D eigenvalue weighted by Crippen LogP contribution is 2.44. The summed E-state index contributed by atoms with van der Waals surface area (Å²) in [6.45, 7) is 0.229. The third-order valence-corrected chi connectivity index (χ3v) is 5.31. The summed E-state index contributed by atoms with van der Waals surface area (Å²) in [5, 5.41) is 9.10. The molecule has 1 atom stereocenters. The van der Waals surface area contributed by atoms with Crippen LogP contribution in [0.25, 0.3) is 0 Å². The number of aliphatic carboxylic acids is 1. The highest BCUT2D eigenvalue weighted by atomic mass is 35.5. The van der Waals surface area contributed by atoms with Crippen molar-refractivity contribution in [2.45, 2.75) is 32.1 Å². The molecule has 3 rings (SSSR count). The summed E-state index contributed by atoms with van der Waals surface area (Å²) in [5.74, 6) is -0.694. The number of carboxylic acid groups (broad SMARTS) is 1. The maximum absolute atomic E-state index is 12.8. The second-order valence-electron chi connectivity index (χ2n) is 6.19. The first kappa shape index (κ1) is 18.0. The van der Waals surface area contributed by atoms with Crippen LogP contribution in [0.1, 0.15) is 41.6 Å². The van der Waals surface area contributed by atoms with Crippen molar-refractivity contribution in [3.8, 4) is 5.75 Å². The fraction of sp³-hybridized carbons (Fsp3) is 0.368. The lowest BCUT2D eigenvalue weighted by Gasteiger charge is -2.12. The molecule has 25 heavy (non-hydrogen) atoms. The van der Waals surface area contributed by atoms with E-state index in [9.17, 15) is 9.59 Å². The number of carbonyl (C=O) groups excluding carboxylic acids is 1. The summed E-state index contributed by atoms with van der Waals surface area (Å²) in [6.07, 6.45) is 9.11. The Bertz CT molecular complexity index is 780. The molecular formula is C19H18Cl2O4. The van der Waals surface area contributed by atoms with Crippen LogP contribution in [0.4, 0.5) is 0 Å². The molecule has 0 saturated carbocycles.